The van der Waals surface area contributed by atoms with Crippen molar-refractivity contribution in [3.05, 3.63) is 23.0 Å². The van der Waals surface area contributed by atoms with E-state index in [4.69, 9.17) is 16.3 Å². The minimum absolute atomic E-state index is 0.412. The summed E-state index contributed by atoms with van der Waals surface area (Å²) in [6.45, 7) is 2.08. The van der Waals surface area contributed by atoms with E-state index in [0.717, 1.165) is 28.8 Å². The van der Waals surface area contributed by atoms with E-state index in [2.05, 4.69) is 16.9 Å². The smallest absolute Gasteiger partial charge is 0.201 e. The number of hydrogen-bond acceptors (Lipinski definition) is 2. The van der Waals surface area contributed by atoms with Gasteiger partial charge in [-0.2, -0.15) is 0 Å². The number of aromatic nitrogens is 2. The highest BCUT2D eigenvalue weighted by Gasteiger charge is 2.06. The number of nitrogens with one attached hydrogen (secondary N) is 1. The van der Waals surface area contributed by atoms with Crippen LogP contribution in [0.25, 0.3) is 11.0 Å². The number of imidazole rings is 1. The lowest BCUT2D eigenvalue weighted by Gasteiger charge is -2.05. The molecule has 1 aromatic heterocycles. The van der Waals surface area contributed by atoms with Crippen molar-refractivity contribution in [1.29, 1.82) is 0 Å². The van der Waals surface area contributed by atoms with E-state index < -0.39 is 0 Å². The normalized spacial score (nSPS) is 10.8. The van der Waals surface area contributed by atoms with Gasteiger partial charge in [0.2, 0.25) is 5.28 Å². The highest BCUT2D eigenvalue weighted by atomic mass is 35.5. The summed E-state index contributed by atoms with van der Waals surface area (Å²) in [7, 11) is 1.66. The lowest BCUT2D eigenvalue weighted by Crippen LogP contribution is -1.90. The monoisotopic (exact) mass is 210 g/mol. The van der Waals surface area contributed by atoms with Crippen molar-refractivity contribution in [3.8, 4) is 5.75 Å². The van der Waals surface area contributed by atoms with Gasteiger partial charge in [0.05, 0.1) is 18.1 Å². The van der Waals surface area contributed by atoms with Gasteiger partial charge in [-0.25, -0.2) is 4.98 Å². The Kier molecular flexibility index (Phi) is 2.33. The maximum absolute atomic E-state index is 5.77. The van der Waals surface area contributed by atoms with Crippen LogP contribution in [-0.4, -0.2) is 17.1 Å². The number of H-pyrrole nitrogens is 1. The molecule has 74 valence electrons. The van der Waals surface area contributed by atoms with E-state index in [1.54, 1.807) is 7.11 Å². The predicted octanol–water partition coefficient (Wildman–Crippen LogP) is 2.79. The Morgan fingerprint density at radius 2 is 2.29 bits per heavy atom. The molecule has 0 aliphatic heterocycles. The maximum Gasteiger partial charge on any atom is 0.201 e. The zero-order valence-electron chi connectivity index (χ0n) is 8.10. The third-order valence-electron chi connectivity index (χ3n) is 2.24. The molecule has 0 saturated carbocycles. The minimum Gasteiger partial charge on any atom is -0.496 e. The molecule has 0 bridgehead atoms. The number of halogens is 1. The van der Waals surface area contributed by atoms with Crippen molar-refractivity contribution in [1.82, 2.24) is 9.97 Å². The molecule has 3 nitrogen and oxygen atoms in total. The number of hydrogen-bond donors (Lipinski definition) is 1. The highest BCUT2D eigenvalue weighted by Crippen LogP contribution is 2.25. The molecule has 0 spiro atoms. The Labute approximate surface area is 87.1 Å². The zero-order valence-corrected chi connectivity index (χ0v) is 8.85. The molecule has 0 aliphatic rings. The Balaban J connectivity index is 2.68. The van der Waals surface area contributed by atoms with Gasteiger partial charge in [-0.15, -0.1) is 0 Å². The molecular weight excluding hydrogens is 200 g/mol. The number of aryl methyl sites for hydroxylation is 1. The number of aromatic amines is 1. The molecule has 1 N–H and O–H groups in total. The van der Waals surface area contributed by atoms with Crippen LogP contribution < -0.4 is 4.74 Å². The number of methoxy groups -OCH3 is 1. The van der Waals surface area contributed by atoms with Crippen molar-refractivity contribution >= 4 is 22.6 Å². The summed E-state index contributed by atoms with van der Waals surface area (Å²) >= 11 is 5.77. The standard InChI is InChI=1S/C10H11ClN2O/c1-3-6-4-7-8(5-9(6)14-2)13-10(11)12-7/h4-5H,3H2,1-2H3,(H,12,13). The Morgan fingerprint density at radius 3 is 2.93 bits per heavy atom. The fourth-order valence-corrected chi connectivity index (χ4v) is 1.71. The summed E-state index contributed by atoms with van der Waals surface area (Å²) in [5.41, 5.74) is 2.94. The molecule has 1 heterocycles. The van der Waals surface area contributed by atoms with Crippen molar-refractivity contribution in [2.45, 2.75) is 13.3 Å². The lowest BCUT2D eigenvalue weighted by molar-refractivity contribution is 0.411. The largest absolute Gasteiger partial charge is 0.496 e. The number of ether oxygens (including phenoxy) is 1. The molecule has 0 amide bonds. The minimum atomic E-state index is 0.412. The number of fused-ring (bicyclic) bond motifs is 1. The predicted molar refractivity (Wildman–Crippen MR) is 57.0 cm³/mol. The topological polar surface area (TPSA) is 37.9 Å². The van der Waals surface area contributed by atoms with Crippen LogP contribution in [0, 0.1) is 0 Å². The molecule has 0 radical (unpaired) electrons. The molecule has 4 heteroatoms. The molecule has 2 rings (SSSR count). The summed E-state index contributed by atoms with van der Waals surface area (Å²) in [6.07, 6.45) is 0.926. The van der Waals surface area contributed by atoms with Crippen LogP contribution in [0.2, 0.25) is 5.28 Å². The van der Waals surface area contributed by atoms with Gasteiger partial charge in [0.25, 0.3) is 0 Å². The molecule has 14 heavy (non-hydrogen) atoms. The van der Waals surface area contributed by atoms with Crippen LogP contribution in [0.3, 0.4) is 0 Å². The summed E-state index contributed by atoms with van der Waals surface area (Å²) < 4.78 is 5.26. The van der Waals surface area contributed by atoms with Crippen LogP contribution in [0.4, 0.5) is 0 Å². The van der Waals surface area contributed by atoms with E-state index in [1.807, 2.05) is 12.1 Å². The quantitative estimate of drug-likeness (QED) is 0.828. The SMILES string of the molecule is CCc1cc2[nH]c(Cl)nc2cc1OC. The lowest BCUT2D eigenvalue weighted by atomic mass is 10.1. The van der Waals surface area contributed by atoms with Gasteiger partial charge in [-0.3, -0.25) is 0 Å². The number of rotatable bonds is 2. The molecular formula is C10H11ClN2O. The molecule has 0 aliphatic carbocycles. The second-order valence-corrected chi connectivity index (χ2v) is 3.42. The average molecular weight is 211 g/mol. The molecule has 2 aromatic rings. The molecule has 0 atom stereocenters. The van der Waals surface area contributed by atoms with Crippen LogP contribution in [-0.2, 0) is 6.42 Å². The van der Waals surface area contributed by atoms with Crippen LogP contribution in [0.1, 0.15) is 12.5 Å². The first kappa shape index (κ1) is 9.34. The number of benzene rings is 1. The zero-order chi connectivity index (χ0) is 10.1. The summed E-state index contributed by atoms with van der Waals surface area (Å²) in [6, 6.07) is 3.92. The maximum atomic E-state index is 5.77. The fraction of sp³-hybridized carbons (Fsp3) is 0.300. The summed E-state index contributed by atoms with van der Waals surface area (Å²) in [4.78, 5) is 7.11. The van der Waals surface area contributed by atoms with Gasteiger partial charge < -0.3 is 9.72 Å². The van der Waals surface area contributed by atoms with Crippen LogP contribution in [0.5, 0.6) is 5.75 Å². The van der Waals surface area contributed by atoms with Crippen molar-refractivity contribution in [3.63, 3.8) is 0 Å². The average Bonchev–Trinajstić information content (AvgIpc) is 2.54. The molecule has 1 aromatic carbocycles. The third kappa shape index (κ3) is 1.44. The third-order valence-corrected chi connectivity index (χ3v) is 2.42. The van der Waals surface area contributed by atoms with Crippen molar-refractivity contribution in [2.75, 3.05) is 7.11 Å². The first-order valence-corrected chi connectivity index (χ1v) is 4.84. The van der Waals surface area contributed by atoms with Gasteiger partial charge >= 0.3 is 0 Å². The Hall–Kier alpha value is -1.22. The fourth-order valence-electron chi connectivity index (χ4n) is 1.52. The van der Waals surface area contributed by atoms with E-state index in [9.17, 15) is 0 Å². The molecule has 0 fully saturated rings. The van der Waals surface area contributed by atoms with E-state index in [-0.39, 0.29) is 0 Å². The van der Waals surface area contributed by atoms with E-state index >= 15 is 0 Å². The first-order chi connectivity index (χ1) is 6.74. The second-order valence-electron chi connectivity index (χ2n) is 3.06. The van der Waals surface area contributed by atoms with Crippen LogP contribution in [0.15, 0.2) is 12.1 Å². The van der Waals surface area contributed by atoms with Gasteiger partial charge in [0, 0.05) is 6.07 Å². The second kappa shape index (κ2) is 3.50. The van der Waals surface area contributed by atoms with E-state index in [1.165, 1.54) is 0 Å². The van der Waals surface area contributed by atoms with Crippen molar-refractivity contribution < 1.29 is 4.74 Å². The van der Waals surface area contributed by atoms with Crippen molar-refractivity contribution in [2.24, 2.45) is 0 Å². The summed E-state index contributed by atoms with van der Waals surface area (Å²) in [5.74, 6) is 0.864. The van der Waals surface area contributed by atoms with Gasteiger partial charge in [-0.05, 0) is 29.7 Å². The Bertz CT molecular complexity index is 423. The molecule has 0 saturated heterocycles. The van der Waals surface area contributed by atoms with Gasteiger partial charge in [0.1, 0.15) is 5.75 Å². The number of nitrogens with zero attached hydrogens (tertiary/aromatic N) is 1. The first-order valence-electron chi connectivity index (χ1n) is 4.46. The molecule has 0 unspecified atom stereocenters. The van der Waals surface area contributed by atoms with Gasteiger partial charge in [0.15, 0.2) is 0 Å². The van der Waals surface area contributed by atoms with Crippen LogP contribution >= 0.6 is 11.6 Å². The van der Waals surface area contributed by atoms with E-state index in [0.29, 0.717) is 5.28 Å². The summed E-state index contributed by atoms with van der Waals surface area (Å²) in [5, 5.41) is 0.412. The highest BCUT2D eigenvalue weighted by molar-refractivity contribution is 6.29. The Morgan fingerprint density at radius 1 is 1.50 bits per heavy atom. The van der Waals surface area contributed by atoms with Gasteiger partial charge in [-0.1, -0.05) is 6.92 Å².